The molecule has 1 amide bonds. The number of anilines is 1. The van der Waals surface area contributed by atoms with Crippen LogP contribution in [0, 0.1) is 6.92 Å². The number of hydrogen-bond acceptors (Lipinski definition) is 4. The lowest BCUT2D eigenvalue weighted by atomic mass is 10.1. The van der Waals surface area contributed by atoms with Crippen LogP contribution in [0.3, 0.4) is 0 Å². The summed E-state index contributed by atoms with van der Waals surface area (Å²) in [5.74, 6) is -0.965. The molecule has 0 aliphatic rings. The summed E-state index contributed by atoms with van der Waals surface area (Å²) in [4.78, 5) is 37.7. The van der Waals surface area contributed by atoms with E-state index in [1.807, 2.05) is 31.2 Å². The lowest BCUT2D eigenvalue weighted by Gasteiger charge is -2.05. The second-order valence-corrected chi connectivity index (χ2v) is 5.56. The molecule has 0 unspecified atom stereocenters. The number of nitrogens with one attached hydrogen (secondary N) is 2. The van der Waals surface area contributed by atoms with E-state index in [0.717, 1.165) is 5.56 Å². The van der Waals surface area contributed by atoms with Crippen molar-refractivity contribution in [2.24, 2.45) is 0 Å². The van der Waals surface area contributed by atoms with Crippen LogP contribution in [-0.2, 0) is 4.79 Å². The molecule has 0 spiro atoms. The van der Waals surface area contributed by atoms with Crippen LogP contribution in [0.4, 0.5) is 5.69 Å². The van der Waals surface area contributed by atoms with Gasteiger partial charge in [-0.1, -0.05) is 17.7 Å². The Morgan fingerprint density at radius 1 is 1.08 bits per heavy atom. The molecule has 0 radical (unpaired) electrons. The summed E-state index contributed by atoms with van der Waals surface area (Å²) in [6.45, 7) is 1.97. The van der Waals surface area contributed by atoms with Gasteiger partial charge in [0, 0.05) is 24.1 Å². The molecular formula is C18H16N2O4. The van der Waals surface area contributed by atoms with Gasteiger partial charge in [0.15, 0.2) is 11.4 Å². The lowest BCUT2D eigenvalue weighted by molar-refractivity contribution is -0.116. The number of carbonyl (C=O) groups excluding carboxylic acids is 2. The fourth-order valence-corrected chi connectivity index (χ4v) is 2.35. The molecule has 0 aliphatic carbocycles. The van der Waals surface area contributed by atoms with Crippen LogP contribution in [-0.4, -0.2) is 16.7 Å². The van der Waals surface area contributed by atoms with Crippen molar-refractivity contribution in [1.29, 1.82) is 0 Å². The number of hydrogen-bond donors (Lipinski definition) is 2. The molecule has 2 N–H and O–H groups in total. The maximum absolute atomic E-state index is 12.2. The summed E-state index contributed by atoms with van der Waals surface area (Å²) in [7, 11) is 0. The number of oxazole rings is 1. The van der Waals surface area contributed by atoms with Gasteiger partial charge in [0.05, 0.1) is 5.52 Å². The van der Waals surface area contributed by atoms with Gasteiger partial charge in [-0.15, -0.1) is 0 Å². The maximum Gasteiger partial charge on any atom is 0.417 e. The highest BCUT2D eigenvalue weighted by molar-refractivity contribution is 6.01. The van der Waals surface area contributed by atoms with Gasteiger partial charge in [-0.2, -0.15) is 0 Å². The van der Waals surface area contributed by atoms with Gasteiger partial charge in [-0.25, -0.2) is 4.79 Å². The molecule has 1 aromatic heterocycles. The quantitative estimate of drug-likeness (QED) is 0.706. The van der Waals surface area contributed by atoms with E-state index >= 15 is 0 Å². The van der Waals surface area contributed by atoms with Crippen molar-refractivity contribution >= 4 is 28.5 Å². The van der Waals surface area contributed by atoms with Crippen LogP contribution >= 0.6 is 0 Å². The van der Waals surface area contributed by atoms with Crippen LogP contribution in [0.15, 0.2) is 51.7 Å². The molecule has 0 aliphatic heterocycles. The Balaban J connectivity index is 1.60. The molecule has 2 aromatic carbocycles. The van der Waals surface area contributed by atoms with E-state index in [0.29, 0.717) is 22.4 Å². The molecule has 6 nitrogen and oxygen atoms in total. The van der Waals surface area contributed by atoms with E-state index in [-0.39, 0.29) is 24.5 Å². The molecule has 122 valence electrons. The second-order valence-electron chi connectivity index (χ2n) is 5.56. The number of aryl methyl sites for hydroxylation is 1. The predicted octanol–water partition coefficient (Wildman–Crippen LogP) is 3.03. The van der Waals surface area contributed by atoms with E-state index in [9.17, 15) is 14.4 Å². The Bertz CT molecular complexity index is 951. The summed E-state index contributed by atoms with van der Waals surface area (Å²) < 4.78 is 4.93. The smallest absolute Gasteiger partial charge is 0.408 e. The third-order valence-corrected chi connectivity index (χ3v) is 3.66. The fourth-order valence-electron chi connectivity index (χ4n) is 2.35. The van der Waals surface area contributed by atoms with Crippen LogP contribution in [0.1, 0.15) is 28.8 Å². The van der Waals surface area contributed by atoms with Crippen LogP contribution in [0.2, 0.25) is 0 Å². The zero-order valence-electron chi connectivity index (χ0n) is 13.1. The van der Waals surface area contributed by atoms with Crippen molar-refractivity contribution < 1.29 is 14.0 Å². The fraction of sp³-hybridized carbons (Fsp3) is 0.167. The first-order valence-corrected chi connectivity index (χ1v) is 7.54. The molecule has 1 heterocycles. The third kappa shape index (κ3) is 3.60. The highest BCUT2D eigenvalue weighted by atomic mass is 16.4. The van der Waals surface area contributed by atoms with Crippen molar-refractivity contribution in [2.45, 2.75) is 19.8 Å². The first-order chi connectivity index (χ1) is 11.5. The molecule has 0 saturated heterocycles. The molecule has 6 heteroatoms. The number of aromatic amines is 1. The van der Waals surface area contributed by atoms with E-state index in [4.69, 9.17) is 4.42 Å². The van der Waals surface area contributed by atoms with E-state index in [2.05, 4.69) is 10.3 Å². The Labute approximate surface area is 137 Å². The van der Waals surface area contributed by atoms with Gasteiger partial charge in [0.1, 0.15) is 0 Å². The Morgan fingerprint density at radius 3 is 2.58 bits per heavy atom. The number of ketones is 1. The SMILES string of the molecule is Cc1ccc(NC(=O)CCC(=O)c2ccc3[nH]c(=O)oc3c2)cc1. The average Bonchev–Trinajstić information content (AvgIpc) is 2.94. The van der Waals surface area contributed by atoms with Crippen molar-refractivity contribution in [3.05, 3.63) is 64.1 Å². The van der Waals surface area contributed by atoms with Gasteiger partial charge in [0.25, 0.3) is 0 Å². The average molecular weight is 324 g/mol. The Hall–Kier alpha value is -3.15. The van der Waals surface area contributed by atoms with Crippen LogP contribution in [0.5, 0.6) is 0 Å². The number of H-pyrrole nitrogens is 1. The van der Waals surface area contributed by atoms with Gasteiger partial charge >= 0.3 is 5.76 Å². The minimum atomic E-state index is -0.563. The number of Topliss-reactive ketones (excluding diaryl/α,β-unsaturated/α-hetero) is 1. The first kappa shape index (κ1) is 15.7. The summed E-state index contributed by atoms with van der Waals surface area (Å²) in [6.07, 6.45) is 0.166. The number of benzene rings is 2. The molecule has 24 heavy (non-hydrogen) atoms. The molecular weight excluding hydrogens is 308 g/mol. The molecule has 3 rings (SSSR count). The van der Waals surface area contributed by atoms with E-state index in [1.54, 1.807) is 12.1 Å². The first-order valence-electron chi connectivity index (χ1n) is 7.54. The molecule has 0 bridgehead atoms. The van der Waals surface area contributed by atoms with Crippen molar-refractivity contribution in [3.8, 4) is 0 Å². The van der Waals surface area contributed by atoms with Gasteiger partial charge < -0.3 is 9.73 Å². The number of aromatic nitrogens is 1. The topological polar surface area (TPSA) is 92.2 Å². The van der Waals surface area contributed by atoms with Crippen molar-refractivity contribution in [2.75, 3.05) is 5.32 Å². The molecule has 3 aromatic rings. The highest BCUT2D eigenvalue weighted by Gasteiger charge is 2.11. The predicted molar refractivity (Wildman–Crippen MR) is 90.2 cm³/mol. The minimum absolute atomic E-state index is 0.0812. The molecule has 0 saturated carbocycles. The van der Waals surface area contributed by atoms with E-state index < -0.39 is 5.76 Å². The van der Waals surface area contributed by atoms with Crippen molar-refractivity contribution in [3.63, 3.8) is 0 Å². The van der Waals surface area contributed by atoms with Gasteiger partial charge in [0.2, 0.25) is 5.91 Å². The Kier molecular flexibility index (Phi) is 4.29. The summed E-state index contributed by atoms with van der Waals surface area (Å²) >= 11 is 0. The monoisotopic (exact) mass is 324 g/mol. The highest BCUT2D eigenvalue weighted by Crippen LogP contribution is 2.15. The maximum atomic E-state index is 12.2. The molecule has 0 atom stereocenters. The number of amides is 1. The summed E-state index contributed by atoms with van der Waals surface area (Å²) in [6, 6.07) is 12.2. The van der Waals surface area contributed by atoms with Gasteiger partial charge in [-0.05, 0) is 37.3 Å². The van der Waals surface area contributed by atoms with Crippen LogP contribution in [0.25, 0.3) is 11.1 Å². The standard InChI is InChI=1S/C18H16N2O4/c1-11-2-5-13(6-3-11)19-17(22)9-8-15(21)12-4-7-14-16(10-12)24-18(23)20-14/h2-7,10H,8-9H2,1H3,(H,19,22)(H,20,23). The second kappa shape index (κ2) is 6.54. The zero-order chi connectivity index (χ0) is 17.1. The van der Waals surface area contributed by atoms with Gasteiger partial charge in [-0.3, -0.25) is 14.6 Å². The lowest BCUT2D eigenvalue weighted by Crippen LogP contribution is -2.13. The number of fused-ring (bicyclic) bond motifs is 1. The largest absolute Gasteiger partial charge is 0.417 e. The summed E-state index contributed by atoms with van der Waals surface area (Å²) in [5.41, 5.74) is 3.08. The molecule has 0 fully saturated rings. The minimum Gasteiger partial charge on any atom is -0.408 e. The normalized spacial score (nSPS) is 10.7. The number of carbonyl (C=O) groups is 2. The third-order valence-electron chi connectivity index (χ3n) is 3.66. The van der Waals surface area contributed by atoms with E-state index in [1.165, 1.54) is 6.07 Å². The van der Waals surface area contributed by atoms with Crippen LogP contribution < -0.4 is 11.1 Å². The number of rotatable bonds is 5. The van der Waals surface area contributed by atoms with Crippen molar-refractivity contribution in [1.82, 2.24) is 4.98 Å². The Morgan fingerprint density at radius 2 is 1.83 bits per heavy atom. The summed E-state index contributed by atoms with van der Waals surface area (Å²) in [5, 5.41) is 2.75. The zero-order valence-corrected chi connectivity index (χ0v) is 13.1.